The zero-order chi connectivity index (χ0) is 24.6. The van der Waals surface area contributed by atoms with Crippen LogP contribution in [-0.4, -0.2) is 52.8 Å². The molecule has 2 aliphatic heterocycles. The molecule has 2 saturated heterocycles. The first-order valence-electron chi connectivity index (χ1n) is 11.9. The highest BCUT2D eigenvalue weighted by atomic mass is 16.2. The van der Waals surface area contributed by atoms with Gasteiger partial charge in [0, 0.05) is 73.3 Å². The van der Waals surface area contributed by atoms with Gasteiger partial charge in [0.25, 0.3) is 0 Å². The number of aliphatic imine (C=N–C) groups is 2. The summed E-state index contributed by atoms with van der Waals surface area (Å²) >= 11 is 0. The Morgan fingerprint density at radius 1 is 1.21 bits per heavy atom. The molecule has 2 aromatic rings. The standard InChI is InChI=1S/C23H28N4O.C5H9N/c1-17(2)24-11-8-18(3)27-13-10-23(16-27)9-12-26(22(23)28)15-19-14-25-21-7-5-4-6-20(19)21;1-3-5-6-4-2/h4-8,11,14,25H,1,9-10,12-13,15-16H2,2-3H3;3-5H,1-2H3/b18-8+,24-11?;5-3-,6-4?. The SMILES string of the molecule is C=C(C)N=C/C=C(\C)N1CCC2(CCN(Cc3c[nH]c4ccccc34)C2=O)C1.CC=N/C=C\C. The van der Waals surface area contributed by atoms with Gasteiger partial charge in [0.2, 0.25) is 5.91 Å². The van der Waals surface area contributed by atoms with Crippen molar-refractivity contribution >= 4 is 29.2 Å². The zero-order valence-corrected chi connectivity index (χ0v) is 20.9. The maximum atomic E-state index is 13.3. The Balaban J connectivity index is 0.000000481. The lowest BCUT2D eigenvalue weighted by atomic mass is 9.85. The van der Waals surface area contributed by atoms with Crippen LogP contribution >= 0.6 is 0 Å². The van der Waals surface area contributed by atoms with Crippen molar-refractivity contribution in [1.82, 2.24) is 14.8 Å². The molecule has 6 heteroatoms. The number of carbonyl (C=O) groups excluding carboxylic acids is 1. The van der Waals surface area contributed by atoms with Gasteiger partial charge < -0.3 is 14.8 Å². The minimum atomic E-state index is -0.229. The van der Waals surface area contributed by atoms with Gasteiger partial charge in [-0.05, 0) is 58.2 Å². The Morgan fingerprint density at radius 3 is 2.68 bits per heavy atom. The van der Waals surface area contributed by atoms with Gasteiger partial charge in [-0.2, -0.15) is 0 Å². The van der Waals surface area contributed by atoms with Crippen LogP contribution in [0.1, 0.15) is 46.1 Å². The van der Waals surface area contributed by atoms with E-state index in [2.05, 4.69) is 45.5 Å². The number of hydrogen-bond acceptors (Lipinski definition) is 4. The number of nitrogens with zero attached hydrogens (tertiary/aromatic N) is 4. The third kappa shape index (κ3) is 5.93. The van der Waals surface area contributed by atoms with Crippen LogP contribution < -0.4 is 0 Å². The smallest absolute Gasteiger partial charge is 0.231 e. The topological polar surface area (TPSA) is 64.1 Å². The van der Waals surface area contributed by atoms with Gasteiger partial charge in [-0.3, -0.25) is 14.8 Å². The van der Waals surface area contributed by atoms with Crippen molar-refractivity contribution in [3.8, 4) is 0 Å². The molecule has 1 N–H and O–H groups in total. The van der Waals surface area contributed by atoms with E-state index in [0.717, 1.165) is 49.4 Å². The van der Waals surface area contributed by atoms with Crippen molar-refractivity contribution in [1.29, 1.82) is 0 Å². The summed E-state index contributed by atoms with van der Waals surface area (Å²) in [4.78, 5) is 29.0. The Bertz CT molecular complexity index is 1110. The molecule has 1 amide bonds. The highest BCUT2D eigenvalue weighted by Crippen LogP contribution is 2.42. The highest BCUT2D eigenvalue weighted by molar-refractivity contribution is 5.87. The van der Waals surface area contributed by atoms with Crippen LogP contribution in [0.3, 0.4) is 0 Å². The first kappa shape index (κ1) is 25.2. The van der Waals surface area contributed by atoms with Crippen molar-refractivity contribution < 1.29 is 4.79 Å². The number of hydrogen-bond donors (Lipinski definition) is 1. The fraction of sp³-hybridized carbons (Fsp3) is 0.393. The summed E-state index contributed by atoms with van der Waals surface area (Å²) in [6, 6.07) is 8.28. The summed E-state index contributed by atoms with van der Waals surface area (Å²) in [6.07, 6.45) is 13.1. The Labute approximate surface area is 203 Å². The molecule has 2 fully saturated rings. The number of para-hydroxylation sites is 1. The largest absolute Gasteiger partial charge is 0.374 e. The predicted octanol–water partition coefficient (Wildman–Crippen LogP) is 5.71. The number of aromatic amines is 1. The lowest BCUT2D eigenvalue weighted by Gasteiger charge is -2.24. The third-order valence-electron chi connectivity index (χ3n) is 6.48. The van der Waals surface area contributed by atoms with E-state index in [1.807, 2.05) is 56.2 Å². The maximum absolute atomic E-state index is 13.3. The van der Waals surface area contributed by atoms with Gasteiger partial charge in [-0.25, -0.2) is 0 Å². The maximum Gasteiger partial charge on any atom is 0.231 e. The number of likely N-dealkylation sites (tertiary alicyclic amines) is 2. The molecule has 1 spiro atoms. The zero-order valence-electron chi connectivity index (χ0n) is 20.9. The second-order valence-electron chi connectivity index (χ2n) is 9.00. The number of amides is 1. The molecule has 2 aliphatic rings. The van der Waals surface area contributed by atoms with Crippen LogP contribution in [0.5, 0.6) is 0 Å². The number of fused-ring (bicyclic) bond motifs is 1. The predicted molar refractivity (Wildman–Crippen MR) is 143 cm³/mol. The summed E-state index contributed by atoms with van der Waals surface area (Å²) in [5.41, 5.74) is 4.05. The molecule has 180 valence electrons. The fourth-order valence-electron chi connectivity index (χ4n) is 4.61. The van der Waals surface area contributed by atoms with E-state index in [1.165, 1.54) is 10.9 Å². The Kier molecular flexibility index (Phi) is 8.63. The van der Waals surface area contributed by atoms with Gasteiger partial charge in [0.05, 0.1) is 5.41 Å². The molecule has 1 aromatic heterocycles. The minimum absolute atomic E-state index is 0.229. The number of carbonyl (C=O) groups is 1. The Morgan fingerprint density at radius 2 is 1.97 bits per heavy atom. The number of allylic oxidation sites excluding steroid dienone is 4. The van der Waals surface area contributed by atoms with E-state index in [1.54, 1.807) is 18.6 Å². The summed E-state index contributed by atoms with van der Waals surface area (Å²) in [7, 11) is 0. The first-order valence-corrected chi connectivity index (χ1v) is 11.9. The number of benzene rings is 1. The molecule has 1 aromatic carbocycles. The average Bonchev–Trinajstić information content (AvgIpc) is 3.53. The van der Waals surface area contributed by atoms with Crippen LogP contribution in [0, 0.1) is 5.41 Å². The molecular formula is C28H37N5O. The number of H-pyrrole nitrogens is 1. The monoisotopic (exact) mass is 459 g/mol. The van der Waals surface area contributed by atoms with E-state index in [9.17, 15) is 4.79 Å². The quantitative estimate of drug-likeness (QED) is 0.562. The molecule has 1 atom stereocenters. The normalized spacial score (nSPS) is 21.1. The highest BCUT2D eigenvalue weighted by Gasteiger charge is 2.50. The second-order valence-corrected chi connectivity index (χ2v) is 9.00. The van der Waals surface area contributed by atoms with Gasteiger partial charge in [0.1, 0.15) is 0 Å². The molecule has 6 nitrogen and oxygen atoms in total. The van der Waals surface area contributed by atoms with Gasteiger partial charge >= 0.3 is 0 Å². The minimum Gasteiger partial charge on any atom is -0.374 e. The lowest BCUT2D eigenvalue weighted by molar-refractivity contribution is -0.135. The van der Waals surface area contributed by atoms with E-state index in [4.69, 9.17) is 0 Å². The molecular weight excluding hydrogens is 422 g/mol. The lowest BCUT2D eigenvalue weighted by Crippen LogP contribution is -2.36. The molecule has 4 rings (SSSR count). The van der Waals surface area contributed by atoms with Crippen LogP contribution in [0.2, 0.25) is 0 Å². The second kappa shape index (κ2) is 11.6. The van der Waals surface area contributed by atoms with Gasteiger partial charge in [-0.15, -0.1) is 0 Å². The van der Waals surface area contributed by atoms with Crippen LogP contribution in [0.4, 0.5) is 0 Å². The molecule has 0 radical (unpaired) electrons. The number of nitrogens with one attached hydrogen (secondary N) is 1. The number of rotatable bonds is 6. The van der Waals surface area contributed by atoms with Crippen LogP contribution in [0.25, 0.3) is 10.9 Å². The third-order valence-corrected chi connectivity index (χ3v) is 6.48. The van der Waals surface area contributed by atoms with Gasteiger partial charge in [0.15, 0.2) is 0 Å². The summed E-state index contributed by atoms with van der Waals surface area (Å²) in [5, 5.41) is 1.21. The molecule has 0 bridgehead atoms. The molecule has 3 heterocycles. The Hall–Kier alpha value is -3.41. The molecule has 0 saturated carbocycles. The summed E-state index contributed by atoms with van der Waals surface area (Å²) in [6.45, 7) is 14.8. The van der Waals surface area contributed by atoms with Crippen LogP contribution in [0.15, 0.2) is 76.8 Å². The van der Waals surface area contributed by atoms with Crippen LogP contribution in [-0.2, 0) is 11.3 Å². The van der Waals surface area contributed by atoms with Crippen molar-refractivity contribution in [2.45, 2.75) is 47.1 Å². The number of aromatic nitrogens is 1. The van der Waals surface area contributed by atoms with Crippen molar-refractivity contribution in [3.05, 3.63) is 72.4 Å². The van der Waals surface area contributed by atoms with E-state index >= 15 is 0 Å². The van der Waals surface area contributed by atoms with Crippen molar-refractivity contribution in [2.75, 3.05) is 19.6 Å². The average molecular weight is 460 g/mol. The van der Waals surface area contributed by atoms with Crippen molar-refractivity contribution in [3.63, 3.8) is 0 Å². The van der Waals surface area contributed by atoms with Crippen molar-refractivity contribution in [2.24, 2.45) is 15.4 Å². The molecule has 34 heavy (non-hydrogen) atoms. The fourth-order valence-corrected chi connectivity index (χ4v) is 4.61. The first-order chi connectivity index (χ1) is 16.4. The molecule has 0 aliphatic carbocycles. The van der Waals surface area contributed by atoms with Gasteiger partial charge in [-0.1, -0.05) is 30.9 Å². The van der Waals surface area contributed by atoms with E-state index < -0.39 is 0 Å². The van der Waals surface area contributed by atoms with E-state index in [-0.39, 0.29) is 5.41 Å². The molecule has 1 unspecified atom stereocenters. The summed E-state index contributed by atoms with van der Waals surface area (Å²) < 4.78 is 0. The van der Waals surface area contributed by atoms with E-state index in [0.29, 0.717) is 12.5 Å². The summed E-state index contributed by atoms with van der Waals surface area (Å²) in [5.74, 6) is 0.309.